The molecule has 12 atom stereocenters. The second-order valence-corrected chi connectivity index (χ2v) is 26.8. The number of carboxylic acids is 2. The van der Waals surface area contributed by atoms with Crippen LogP contribution in [0.5, 0.6) is 0 Å². The summed E-state index contributed by atoms with van der Waals surface area (Å²) in [4.78, 5) is 198. The number of thioether (sulfide) groups is 1. The lowest BCUT2D eigenvalue weighted by Crippen LogP contribution is -2.60. The number of nitrogens with two attached hydrogens (primary N) is 2. The Labute approximate surface area is 599 Å². The molecule has 2 aromatic carbocycles. The summed E-state index contributed by atoms with van der Waals surface area (Å²) in [6.07, 6.45) is 5.34. The third-order valence-corrected chi connectivity index (χ3v) is 18.1. The van der Waals surface area contributed by atoms with Crippen molar-refractivity contribution in [1.82, 2.24) is 73.4 Å². The number of aliphatic hydroxyl groups excluding tert-OH is 2. The highest BCUT2D eigenvalue weighted by Gasteiger charge is 2.41. The number of aliphatic hydroxyl groups is 2. The molecule has 1 aliphatic heterocycles. The Morgan fingerprint density at radius 3 is 1.66 bits per heavy atom. The van der Waals surface area contributed by atoms with Crippen LogP contribution >= 0.6 is 11.8 Å². The number of aromatic amines is 2. The van der Waals surface area contributed by atoms with E-state index in [4.69, 9.17) is 11.5 Å². The van der Waals surface area contributed by atoms with Gasteiger partial charge in [-0.3, -0.25) is 62.3 Å². The van der Waals surface area contributed by atoms with Crippen LogP contribution in [0.25, 0.3) is 21.8 Å². The van der Waals surface area contributed by atoms with Gasteiger partial charge in [0.1, 0.15) is 66.5 Å². The van der Waals surface area contributed by atoms with E-state index in [1.54, 1.807) is 76.7 Å². The number of aromatic nitrogens is 2. The van der Waals surface area contributed by atoms with Crippen LogP contribution in [-0.4, -0.2) is 236 Å². The van der Waals surface area contributed by atoms with Gasteiger partial charge in [0, 0.05) is 60.0 Å². The van der Waals surface area contributed by atoms with Crippen molar-refractivity contribution in [2.45, 2.75) is 178 Å². The van der Waals surface area contributed by atoms with Gasteiger partial charge in [-0.2, -0.15) is 11.8 Å². The average molecular weight is 1460 g/mol. The molecule has 566 valence electrons. The summed E-state index contributed by atoms with van der Waals surface area (Å²) in [6.45, 7) is 5.43. The molecule has 0 radical (unpaired) electrons. The van der Waals surface area contributed by atoms with Crippen molar-refractivity contribution < 1.29 is 87.5 Å². The van der Waals surface area contributed by atoms with Crippen LogP contribution in [0.3, 0.4) is 0 Å². The largest absolute Gasteiger partial charge is 0.481 e. The second-order valence-electron chi connectivity index (χ2n) is 25.8. The van der Waals surface area contributed by atoms with Crippen LogP contribution in [0, 0.1) is 11.8 Å². The maximum absolute atomic E-state index is 14.7. The number of nitrogens with zero attached hydrogens (tertiary/aromatic N) is 1. The number of H-pyrrole nitrogens is 2. The lowest BCUT2D eigenvalue weighted by Gasteiger charge is -2.32. The molecule has 0 spiro atoms. The number of para-hydroxylation sites is 2. The first kappa shape index (κ1) is 83.9. The minimum Gasteiger partial charge on any atom is -0.481 e. The van der Waals surface area contributed by atoms with Crippen molar-refractivity contribution in [2.24, 2.45) is 23.3 Å². The van der Waals surface area contributed by atoms with Crippen LogP contribution in [0.15, 0.2) is 60.9 Å². The summed E-state index contributed by atoms with van der Waals surface area (Å²) in [6, 6.07) is -0.790. The maximum atomic E-state index is 14.7. The summed E-state index contributed by atoms with van der Waals surface area (Å²) in [5.74, 6) is -13.5. The van der Waals surface area contributed by atoms with Crippen LogP contribution in [-0.2, 0) is 80.0 Å². The number of hydrogen-bond donors (Lipinski definition) is 19. The Balaban J connectivity index is 1.25. The third kappa shape index (κ3) is 25.9. The van der Waals surface area contributed by atoms with Crippen LogP contribution < -0.4 is 70.0 Å². The fourth-order valence-electron chi connectivity index (χ4n) is 11.5. The zero-order valence-corrected chi connectivity index (χ0v) is 59.5. The molecule has 0 saturated carbocycles. The standard InChI is InChI=1S/C68H100N16O18S/c1-7-37(4)57(66(99)75-38(5)58(91)73-32-54(87)76-46(19-12-13-24-69)61(94)81-51(68(101)102)29-40-31-72-45-18-11-9-16-42(40)45)83-65(98)53-20-14-25-84(53)67(100)48(21-22-56(89)90)79-63(96)49(27-36(2)3)80-62(95)47(23-26-103-6)78-64(97)50(28-39-30-71-44-17-10-8-15-41(39)44)77-55(88)33-74-60(93)52(35-86)82-59(92)43(70)34-85/h8-11,15-18,30-31,36-38,43,46-53,57,71-72,85-86H,7,12-14,19-29,32-35,69-70H2,1-6H3,(H,73,91)(H,74,93)(H,75,99)(H,76,87)(H,77,88)(H,78,97)(H,79,96)(H,80,95)(H,81,94)(H,82,92)(H,83,98)(H,89,90)(H,101,102)/t37-,38-,43-,46-,47-,48-,49-,50-,51-,52-,53-,57-/m0/s1. The first-order chi connectivity index (χ1) is 49.0. The van der Waals surface area contributed by atoms with Crippen molar-refractivity contribution in [1.29, 1.82) is 0 Å². The Kier molecular flexibility index (Phi) is 34.2. The Bertz CT molecular complexity index is 3610. The minimum atomic E-state index is -1.58. The number of aliphatic carboxylic acids is 2. The SMILES string of the molecule is CC[C@H](C)[C@H](NC(=O)[C@@H]1CCCN1C(=O)[C@H](CCC(=O)O)NC(=O)[C@H](CC(C)C)NC(=O)[C@H](CCSC)NC(=O)[C@H](Cc1c[nH]c2ccccc12)NC(=O)CNC(=O)[C@H](CO)NC(=O)[C@@H](N)CO)C(=O)N[C@@H](C)C(=O)NCC(=O)N[C@@H](CCCCN)C(=O)N[C@@H](Cc1c[nH]c2ccccc12)C(=O)O. The van der Waals surface area contributed by atoms with Crippen molar-refractivity contribution in [2.75, 3.05) is 51.4 Å². The number of rotatable bonds is 44. The first-order valence-corrected chi connectivity index (χ1v) is 35.7. The summed E-state index contributed by atoms with van der Waals surface area (Å²) < 4.78 is 0. The summed E-state index contributed by atoms with van der Waals surface area (Å²) in [5, 5.41) is 68.2. The monoisotopic (exact) mass is 1460 g/mol. The molecule has 2 aromatic heterocycles. The van der Waals surface area contributed by atoms with Gasteiger partial charge in [0.2, 0.25) is 70.9 Å². The van der Waals surface area contributed by atoms with E-state index in [1.165, 1.54) is 23.6 Å². The molecule has 3 heterocycles. The quantitative estimate of drug-likeness (QED) is 0.0200. The number of fused-ring (bicyclic) bond motifs is 2. The summed E-state index contributed by atoms with van der Waals surface area (Å²) >= 11 is 1.33. The van der Waals surface area contributed by atoms with Gasteiger partial charge in [-0.05, 0) is 112 Å². The normalized spacial score (nSPS) is 16.0. The van der Waals surface area contributed by atoms with Crippen LogP contribution in [0.4, 0.5) is 0 Å². The molecular formula is C68H100N16O18S. The summed E-state index contributed by atoms with van der Waals surface area (Å²) in [7, 11) is 0. The van der Waals surface area contributed by atoms with E-state index in [2.05, 4.69) is 68.5 Å². The topological polar surface area (TPSA) is 539 Å². The highest BCUT2D eigenvalue weighted by atomic mass is 32.2. The van der Waals surface area contributed by atoms with E-state index in [0.29, 0.717) is 47.0 Å². The number of nitrogens with one attached hydrogen (secondary N) is 13. The zero-order valence-electron chi connectivity index (χ0n) is 58.7. The highest BCUT2D eigenvalue weighted by molar-refractivity contribution is 7.98. The van der Waals surface area contributed by atoms with E-state index in [0.717, 1.165) is 10.9 Å². The minimum absolute atomic E-state index is 0.00400. The number of benzene rings is 2. The fourth-order valence-corrected chi connectivity index (χ4v) is 12.0. The van der Waals surface area contributed by atoms with Gasteiger partial charge in [-0.1, -0.05) is 70.5 Å². The van der Waals surface area contributed by atoms with Gasteiger partial charge in [-0.25, -0.2) is 4.79 Å². The molecule has 12 amide bonds. The molecule has 0 bridgehead atoms. The second kappa shape index (κ2) is 42.0. The number of hydrogen-bond acceptors (Lipinski definition) is 19. The summed E-state index contributed by atoms with van der Waals surface area (Å²) in [5.41, 5.74) is 13.9. The molecule has 35 heteroatoms. The van der Waals surface area contributed by atoms with Crippen molar-refractivity contribution in [3.8, 4) is 0 Å². The third-order valence-electron chi connectivity index (χ3n) is 17.5. The zero-order chi connectivity index (χ0) is 76.0. The number of carboxylic acid groups (broad SMARTS) is 2. The lowest BCUT2D eigenvalue weighted by molar-refractivity contribution is -0.144. The van der Waals surface area contributed by atoms with Gasteiger partial charge >= 0.3 is 11.9 Å². The van der Waals surface area contributed by atoms with Gasteiger partial charge in [-0.15, -0.1) is 0 Å². The Morgan fingerprint density at radius 1 is 0.583 bits per heavy atom. The lowest BCUT2D eigenvalue weighted by atomic mass is 9.97. The number of likely N-dealkylation sites (tertiary alicyclic amines) is 1. The maximum Gasteiger partial charge on any atom is 0.326 e. The Morgan fingerprint density at radius 2 is 1.11 bits per heavy atom. The van der Waals surface area contributed by atoms with E-state index in [-0.39, 0.29) is 64.0 Å². The number of amides is 12. The molecule has 0 unspecified atom stereocenters. The molecule has 103 heavy (non-hydrogen) atoms. The molecule has 21 N–H and O–H groups in total. The molecule has 34 nitrogen and oxygen atoms in total. The van der Waals surface area contributed by atoms with E-state index in [1.807, 2.05) is 18.2 Å². The smallest absolute Gasteiger partial charge is 0.326 e. The average Bonchev–Trinajstić information content (AvgIpc) is 1.71. The number of carbonyl (C=O) groups is 14. The molecule has 1 aliphatic rings. The van der Waals surface area contributed by atoms with Crippen LogP contribution in [0.2, 0.25) is 0 Å². The predicted molar refractivity (Wildman–Crippen MR) is 379 cm³/mol. The van der Waals surface area contributed by atoms with Crippen molar-refractivity contribution in [3.05, 3.63) is 72.1 Å². The van der Waals surface area contributed by atoms with Gasteiger partial charge in [0.15, 0.2) is 0 Å². The molecule has 5 rings (SSSR count). The molecule has 1 saturated heterocycles. The van der Waals surface area contributed by atoms with Crippen LogP contribution in [0.1, 0.15) is 110 Å². The number of unbranched alkanes of at least 4 members (excludes halogenated alkanes) is 1. The molecular weight excluding hydrogens is 1360 g/mol. The predicted octanol–water partition coefficient (Wildman–Crippen LogP) is -2.72. The number of carbonyl (C=O) groups excluding carboxylic acids is 12. The first-order valence-electron chi connectivity index (χ1n) is 34.3. The molecule has 1 fully saturated rings. The highest BCUT2D eigenvalue weighted by Crippen LogP contribution is 2.24. The van der Waals surface area contributed by atoms with E-state index >= 15 is 0 Å². The Hall–Kier alpha value is -9.71. The van der Waals surface area contributed by atoms with Crippen molar-refractivity contribution in [3.63, 3.8) is 0 Å². The molecule has 4 aromatic rings. The van der Waals surface area contributed by atoms with E-state index < -0.39 is 194 Å². The molecule has 0 aliphatic carbocycles. The van der Waals surface area contributed by atoms with Gasteiger partial charge < -0.3 is 105 Å². The van der Waals surface area contributed by atoms with Gasteiger partial charge in [0.25, 0.3) is 0 Å². The van der Waals surface area contributed by atoms with Gasteiger partial charge in [0.05, 0.1) is 26.3 Å². The fraction of sp³-hybridized carbons (Fsp3) is 0.559. The van der Waals surface area contributed by atoms with E-state index in [9.17, 15) is 87.5 Å². The van der Waals surface area contributed by atoms with Crippen molar-refractivity contribution >= 4 is 116 Å².